The van der Waals surface area contributed by atoms with E-state index in [2.05, 4.69) is 20.8 Å². The summed E-state index contributed by atoms with van der Waals surface area (Å²) in [4.78, 5) is 21.9. The molecule has 4 rings (SSSR count). The van der Waals surface area contributed by atoms with Gasteiger partial charge in [0, 0.05) is 6.42 Å². The summed E-state index contributed by atoms with van der Waals surface area (Å²) in [5.74, 6) is 3.75. The summed E-state index contributed by atoms with van der Waals surface area (Å²) < 4.78 is 5.36. The summed E-state index contributed by atoms with van der Waals surface area (Å²) in [6, 6.07) is 0. The minimum Gasteiger partial charge on any atom is -0.481 e. The number of rotatable bonds is 6. The van der Waals surface area contributed by atoms with Gasteiger partial charge in [-0.25, -0.2) is 0 Å². The number of fused-ring (bicyclic) bond motifs is 5. The van der Waals surface area contributed by atoms with Gasteiger partial charge in [0.1, 0.15) is 6.10 Å². The van der Waals surface area contributed by atoms with Gasteiger partial charge in [-0.15, -0.1) is 0 Å². The molecule has 0 aliphatic heterocycles. The van der Waals surface area contributed by atoms with Crippen LogP contribution in [0.4, 0.5) is 0 Å². The van der Waals surface area contributed by atoms with Crippen LogP contribution in [0, 0.1) is 46.3 Å². The van der Waals surface area contributed by atoms with Gasteiger partial charge in [-0.2, -0.15) is 0 Å². The van der Waals surface area contributed by atoms with Crippen LogP contribution in [-0.4, -0.2) is 23.7 Å². The van der Waals surface area contributed by atoms with E-state index in [4.69, 9.17) is 9.84 Å². The maximum atomic E-state index is 11.1. The molecular weight excluding hydrogens is 364 g/mol. The molecule has 0 radical (unpaired) electrons. The van der Waals surface area contributed by atoms with Gasteiger partial charge in [-0.05, 0) is 111 Å². The lowest BCUT2D eigenvalue weighted by Crippen LogP contribution is -2.54. The Kier molecular flexibility index (Phi) is 5.76. The van der Waals surface area contributed by atoms with Gasteiger partial charge in [0.2, 0.25) is 0 Å². The summed E-state index contributed by atoms with van der Waals surface area (Å²) in [7, 11) is 0. The fraction of sp³-hybridized carbons (Fsp3) is 0.920. The van der Waals surface area contributed by atoms with Crippen LogP contribution in [0.25, 0.3) is 0 Å². The van der Waals surface area contributed by atoms with Gasteiger partial charge in [-0.3, -0.25) is 9.59 Å². The van der Waals surface area contributed by atoms with Crippen molar-refractivity contribution in [3.8, 4) is 0 Å². The minimum absolute atomic E-state index is 0.141. The van der Waals surface area contributed by atoms with Crippen molar-refractivity contribution >= 4 is 12.4 Å². The van der Waals surface area contributed by atoms with Gasteiger partial charge in [0.25, 0.3) is 6.47 Å². The molecule has 9 atom stereocenters. The Labute approximate surface area is 176 Å². The Balaban J connectivity index is 1.48. The molecule has 29 heavy (non-hydrogen) atoms. The third-order valence-corrected chi connectivity index (χ3v) is 10.4. The largest absolute Gasteiger partial charge is 0.481 e. The van der Waals surface area contributed by atoms with E-state index >= 15 is 0 Å². The van der Waals surface area contributed by atoms with E-state index in [9.17, 15) is 9.59 Å². The first kappa shape index (κ1) is 21.2. The predicted octanol–water partition coefficient (Wildman–Crippen LogP) is 5.69. The summed E-state index contributed by atoms with van der Waals surface area (Å²) in [5.41, 5.74) is 0.820. The molecule has 0 bridgehead atoms. The lowest BCUT2D eigenvalue weighted by atomic mass is 9.44. The smallest absolute Gasteiger partial charge is 0.303 e. The quantitative estimate of drug-likeness (QED) is 0.578. The zero-order chi connectivity index (χ0) is 20.8. The van der Waals surface area contributed by atoms with E-state index < -0.39 is 5.97 Å². The second-order valence-electron chi connectivity index (χ2n) is 11.4. The average molecular weight is 405 g/mol. The first-order chi connectivity index (χ1) is 13.8. The standard InChI is InChI=1S/C25H40O4/c1-16(4-9-23(27)28)20-7-8-21-19-6-5-17-14-18(29-15-26)10-12-24(17,2)22(19)11-13-25(20,21)3/h15-22H,4-14H2,1-3H3,(H,27,28)/t16-,17-,18-,19+,20-,21+,22+,24-,25-/m0/s1. The van der Waals surface area contributed by atoms with Gasteiger partial charge < -0.3 is 9.84 Å². The van der Waals surface area contributed by atoms with Crippen LogP contribution >= 0.6 is 0 Å². The van der Waals surface area contributed by atoms with Crippen LogP contribution in [0.2, 0.25) is 0 Å². The number of hydrogen-bond acceptors (Lipinski definition) is 3. The molecule has 0 amide bonds. The molecule has 4 aliphatic carbocycles. The molecule has 0 spiro atoms. The average Bonchev–Trinajstić information content (AvgIpc) is 3.04. The molecule has 0 aromatic rings. The van der Waals surface area contributed by atoms with Crippen LogP contribution in [0.1, 0.15) is 91.4 Å². The molecule has 0 aromatic heterocycles. The third-order valence-electron chi connectivity index (χ3n) is 10.4. The van der Waals surface area contributed by atoms with E-state index in [-0.39, 0.29) is 6.10 Å². The molecule has 164 valence electrons. The van der Waals surface area contributed by atoms with Crippen molar-refractivity contribution in [3.05, 3.63) is 0 Å². The highest BCUT2D eigenvalue weighted by Crippen LogP contribution is 2.68. The van der Waals surface area contributed by atoms with Crippen LogP contribution in [0.3, 0.4) is 0 Å². The van der Waals surface area contributed by atoms with Crippen molar-refractivity contribution in [1.82, 2.24) is 0 Å². The molecule has 0 heterocycles. The van der Waals surface area contributed by atoms with Gasteiger partial charge >= 0.3 is 5.97 Å². The third kappa shape index (κ3) is 3.53. The number of ether oxygens (including phenoxy) is 1. The van der Waals surface area contributed by atoms with Gasteiger partial charge in [0.05, 0.1) is 0 Å². The first-order valence-electron chi connectivity index (χ1n) is 12.1. The number of carboxylic acids is 1. The predicted molar refractivity (Wildman–Crippen MR) is 112 cm³/mol. The molecule has 1 N–H and O–H groups in total. The monoisotopic (exact) mass is 404 g/mol. The van der Waals surface area contributed by atoms with Crippen LogP contribution in [0.5, 0.6) is 0 Å². The first-order valence-corrected chi connectivity index (χ1v) is 12.1. The second-order valence-corrected chi connectivity index (χ2v) is 11.4. The molecular formula is C25H40O4. The second kappa shape index (κ2) is 7.89. The Morgan fingerprint density at radius 2 is 1.79 bits per heavy atom. The normalized spacial score (nSPS) is 47.4. The number of carbonyl (C=O) groups is 2. The van der Waals surface area contributed by atoms with E-state index in [0.717, 1.165) is 37.0 Å². The highest BCUT2D eigenvalue weighted by molar-refractivity contribution is 5.66. The molecule has 0 saturated heterocycles. The van der Waals surface area contributed by atoms with Crippen molar-refractivity contribution in [2.24, 2.45) is 46.3 Å². The fourth-order valence-electron chi connectivity index (χ4n) is 8.95. The lowest BCUT2D eigenvalue weighted by molar-refractivity contribution is -0.151. The maximum Gasteiger partial charge on any atom is 0.303 e. The van der Waals surface area contributed by atoms with Gasteiger partial charge in [-0.1, -0.05) is 20.8 Å². The minimum atomic E-state index is -0.652. The molecule has 0 unspecified atom stereocenters. The topological polar surface area (TPSA) is 63.6 Å². The summed E-state index contributed by atoms with van der Waals surface area (Å²) in [6.45, 7) is 8.05. The number of carbonyl (C=O) groups excluding carboxylic acids is 1. The molecule has 4 heteroatoms. The van der Waals surface area contributed by atoms with Crippen molar-refractivity contribution in [1.29, 1.82) is 0 Å². The molecule has 4 fully saturated rings. The van der Waals surface area contributed by atoms with E-state index in [1.165, 1.54) is 44.9 Å². The van der Waals surface area contributed by atoms with Crippen LogP contribution in [0.15, 0.2) is 0 Å². The highest BCUT2D eigenvalue weighted by atomic mass is 16.5. The summed E-state index contributed by atoms with van der Waals surface area (Å²) in [6.07, 6.45) is 12.5. The van der Waals surface area contributed by atoms with Crippen LogP contribution < -0.4 is 0 Å². The highest BCUT2D eigenvalue weighted by Gasteiger charge is 2.60. The molecule has 0 aromatic carbocycles. The Morgan fingerprint density at radius 3 is 2.52 bits per heavy atom. The zero-order valence-electron chi connectivity index (χ0n) is 18.6. The van der Waals surface area contributed by atoms with Crippen molar-refractivity contribution < 1.29 is 19.4 Å². The van der Waals surface area contributed by atoms with Crippen molar-refractivity contribution in [2.75, 3.05) is 0 Å². The zero-order valence-corrected chi connectivity index (χ0v) is 18.6. The Morgan fingerprint density at radius 1 is 1.07 bits per heavy atom. The number of carboxylic acid groups (broad SMARTS) is 1. The Hall–Kier alpha value is -1.06. The summed E-state index contributed by atoms with van der Waals surface area (Å²) in [5, 5.41) is 9.12. The fourth-order valence-corrected chi connectivity index (χ4v) is 8.95. The van der Waals surface area contributed by atoms with E-state index in [1.54, 1.807) is 0 Å². The number of hydrogen-bond donors (Lipinski definition) is 1. The maximum absolute atomic E-state index is 11.1. The molecule has 4 saturated carbocycles. The lowest BCUT2D eigenvalue weighted by Gasteiger charge is -2.61. The molecule has 4 aliphatic rings. The van der Waals surface area contributed by atoms with E-state index in [0.29, 0.717) is 41.5 Å². The Bertz CT molecular complexity index is 632. The van der Waals surface area contributed by atoms with Crippen molar-refractivity contribution in [3.63, 3.8) is 0 Å². The van der Waals surface area contributed by atoms with Gasteiger partial charge in [0.15, 0.2) is 0 Å². The number of aliphatic carboxylic acids is 1. The van der Waals surface area contributed by atoms with E-state index in [1.807, 2.05) is 0 Å². The van der Waals surface area contributed by atoms with Crippen molar-refractivity contribution in [2.45, 2.75) is 97.5 Å². The SMILES string of the molecule is C[C@@H](CCC(=O)O)[C@@H]1CC[C@@H]2[C@H]3CC[C@H]4C[C@@H](OC=O)CC[C@]4(C)[C@@H]3CC[C@]21C. The van der Waals surface area contributed by atoms with Crippen LogP contribution in [-0.2, 0) is 14.3 Å². The summed E-state index contributed by atoms with van der Waals surface area (Å²) >= 11 is 0. The molecule has 4 nitrogen and oxygen atoms in total.